The Labute approximate surface area is 181 Å². The number of piperidine rings is 1. The molecule has 1 fully saturated rings. The summed E-state index contributed by atoms with van der Waals surface area (Å²) >= 11 is 6.09. The van der Waals surface area contributed by atoms with Gasteiger partial charge in [-0.15, -0.1) is 0 Å². The van der Waals surface area contributed by atoms with Crippen LogP contribution in [0.4, 0.5) is 17.3 Å². The molecule has 1 aromatic carbocycles. The van der Waals surface area contributed by atoms with Gasteiger partial charge in [0.05, 0.1) is 6.54 Å². The van der Waals surface area contributed by atoms with Crippen molar-refractivity contribution in [2.75, 3.05) is 42.2 Å². The highest BCUT2D eigenvalue weighted by Crippen LogP contribution is 2.22. The van der Waals surface area contributed by atoms with Crippen molar-refractivity contribution < 1.29 is 9.59 Å². The largest absolute Gasteiger partial charge is 0.376 e. The quantitative estimate of drug-likeness (QED) is 0.732. The molecular weight excluding hydrogens is 404 g/mol. The summed E-state index contributed by atoms with van der Waals surface area (Å²) < 4.78 is 0. The van der Waals surface area contributed by atoms with Crippen LogP contribution in [0.15, 0.2) is 30.6 Å². The lowest BCUT2D eigenvalue weighted by molar-refractivity contribution is -0.130. The van der Waals surface area contributed by atoms with Crippen LogP contribution in [-0.4, -0.2) is 59.4 Å². The van der Waals surface area contributed by atoms with Crippen molar-refractivity contribution in [3.05, 3.63) is 41.2 Å². The van der Waals surface area contributed by atoms with Gasteiger partial charge >= 0.3 is 0 Å². The summed E-state index contributed by atoms with van der Waals surface area (Å²) in [6.45, 7) is 4.98. The lowest BCUT2D eigenvalue weighted by Crippen LogP contribution is -2.50. The fourth-order valence-corrected chi connectivity index (χ4v) is 3.89. The number of likely N-dealkylation sites (tertiary alicyclic amines) is 1. The number of hydrogen-bond donors (Lipinski definition) is 2. The first-order valence-corrected chi connectivity index (χ1v) is 10.3. The van der Waals surface area contributed by atoms with Crippen LogP contribution in [0, 0.1) is 6.92 Å². The predicted molar refractivity (Wildman–Crippen MR) is 119 cm³/mol. The molecule has 0 spiro atoms. The predicted octanol–water partition coefficient (Wildman–Crippen LogP) is 2.94. The van der Waals surface area contributed by atoms with Crippen LogP contribution >= 0.6 is 11.6 Å². The number of aromatic nitrogens is 2. The molecule has 1 aliphatic heterocycles. The van der Waals surface area contributed by atoms with Gasteiger partial charge in [-0.3, -0.25) is 9.59 Å². The minimum Gasteiger partial charge on any atom is -0.376 e. The van der Waals surface area contributed by atoms with Crippen LogP contribution in [-0.2, 0) is 9.59 Å². The number of carbonyl (C=O) groups is 2. The van der Waals surface area contributed by atoms with Crippen molar-refractivity contribution in [3.63, 3.8) is 0 Å². The van der Waals surface area contributed by atoms with E-state index in [1.165, 1.54) is 13.3 Å². The number of anilines is 3. The number of halogens is 1. The molecule has 9 heteroatoms. The van der Waals surface area contributed by atoms with Crippen LogP contribution in [0.25, 0.3) is 0 Å². The number of benzene rings is 1. The van der Waals surface area contributed by atoms with Gasteiger partial charge in [-0.05, 0) is 43.5 Å². The molecule has 30 heavy (non-hydrogen) atoms. The maximum absolute atomic E-state index is 12.8. The molecule has 1 unspecified atom stereocenters. The van der Waals surface area contributed by atoms with Crippen molar-refractivity contribution in [3.8, 4) is 0 Å². The van der Waals surface area contributed by atoms with E-state index < -0.39 is 0 Å². The lowest BCUT2D eigenvalue weighted by Gasteiger charge is -2.38. The van der Waals surface area contributed by atoms with Crippen LogP contribution in [0.3, 0.4) is 0 Å². The monoisotopic (exact) mass is 430 g/mol. The first kappa shape index (κ1) is 21.8. The van der Waals surface area contributed by atoms with Crippen LogP contribution in [0.1, 0.15) is 25.3 Å². The van der Waals surface area contributed by atoms with Crippen molar-refractivity contribution in [1.82, 2.24) is 14.9 Å². The molecular formula is C21H27ClN6O2. The van der Waals surface area contributed by atoms with Crippen molar-refractivity contribution in [1.29, 1.82) is 0 Å². The lowest BCUT2D eigenvalue weighted by atomic mass is 10.0. The first-order chi connectivity index (χ1) is 14.3. The minimum absolute atomic E-state index is 0.0485. The van der Waals surface area contributed by atoms with E-state index in [2.05, 4.69) is 20.6 Å². The van der Waals surface area contributed by atoms with Gasteiger partial charge in [0.2, 0.25) is 11.8 Å². The molecule has 0 saturated carbocycles. The molecule has 0 radical (unpaired) electrons. The summed E-state index contributed by atoms with van der Waals surface area (Å²) in [6, 6.07) is 7.54. The minimum atomic E-state index is -0.181. The van der Waals surface area contributed by atoms with E-state index in [-0.39, 0.29) is 24.4 Å². The fraction of sp³-hybridized carbons (Fsp3) is 0.429. The van der Waals surface area contributed by atoms with E-state index >= 15 is 0 Å². The number of likely N-dealkylation sites (N-methyl/N-ethyl adjacent to an activating group) is 1. The molecule has 2 aromatic rings. The van der Waals surface area contributed by atoms with Crippen LogP contribution in [0.2, 0.25) is 5.02 Å². The summed E-state index contributed by atoms with van der Waals surface area (Å²) in [5.41, 5.74) is 1.88. The normalized spacial score (nSPS) is 16.1. The van der Waals surface area contributed by atoms with Gasteiger partial charge in [0.25, 0.3) is 0 Å². The second kappa shape index (κ2) is 9.75. The van der Waals surface area contributed by atoms with Gasteiger partial charge in [0.15, 0.2) is 0 Å². The maximum Gasteiger partial charge on any atom is 0.241 e. The molecule has 1 aromatic heterocycles. The molecule has 2 amide bonds. The second-order valence-electron chi connectivity index (χ2n) is 7.56. The Morgan fingerprint density at radius 3 is 2.80 bits per heavy atom. The van der Waals surface area contributed by atoms with Gasteiger partial charge < -0.3 is 20.4 Å². The molecule has 8 nitrogen and oxygen atoms in total. The maximum atomic E-state index is 12.8. The summed E-state index contributed by atoms with van der Waals surface area (Å²) in [4.78, 5) is 36.3. The Kier molecular flexibility index (Phi) is 7.10. The summed E-state index contributed by atoms with van der Waals surface area (Å²) in [6.07, 6.45) is 3.31. The zero-order valence-corrected chi connectivity index (χ0v) is 18.2. The van der Waals surface area contributed by atoms with Crippen LogP contribution < -0.4 is 15.5 Å². The molecule has 2 N–H and O–H groups in total. The number of aryl methyl sites for hydroxylation is 1. The molecule has 1 saturated heterocycles. The fourth-order valence-electron chi connectivity index (χ4n) is 3.60. The zero-order chi connectivity index (χ0) is 21.7. The highest BCUT2D eigenvalue weighted by atomic mass is 35.5. The Morgan fingerprint density at radius 1 is 1.27 bits per heavy atom. The smallest absolute Gasteiger partial charge is 0.241 e. The SMILES string of the molecule is CC(=O)Nc1cc(N(C)C2CCCN(C(=O)CNc3cc(C)cc(Cl)c3)C2)ncn1. The van der Waals surface area contributed by atoms with Gasteiger partial charge in [0, 0.05) is 49.9 Å². The summed E-state index contributed by atoms with van der Waals surface area (Å²) in [5.74, 6) is 1.04. The highest BCUT2D eigenvalue weighted by Gasteiger charge is 2.27. The molecule has 2 heterocycles. The van der Waals surface area contributed by atoms with Gasteiger partial charge in [-0.2, -0.15) is 0 Å². The Morgan fingerprint density at radius 2 is 2.07 bits per heavy atom. The first-order valence-electron chi connectivity index (χ1n) is 9.93. The van der Waals surface area contributed by atoms with E-state index in [0.29, 0.717) is 23.2 Å². The molecule has 1 aliphatic rings. The topological polar surface area (TPSA) is 90.5 Å². The van der Waals surface area contributed by atoms with Crippen LogP contribution in [0.5, 0.6) is 0 Å². The Hall–Kier alpha value is -2.87. The third-order valence-corrected chi connectivity index (χ3v) is 5.32. The molecule has 3 rings (SSSR count). The van der Waals surface area contributed by atoms with Crippen molar-refractivity contribution in [2.45, 2.75) is 32.7 Å². The number of amides is 2. The third kappa shape index (κ3) is 5.82. The molecule has 160 valence electrons. The number of rotatable bonds is 6. The van der Waals surface area contributed by atoms with E-state index in [4.69, 9.17) is 11.6 Å². The number of carbonyl (C=O) groups excluding carboxylic acids is 2. The highest BCUT2D eigenvalue weighted by molar-refractivity contribution is 6.30. The summed E-state index contributed by atoms with van der Waals surface area (Å²) in [7, 11) is 1.95. The Bertz CT molecular complexity index is 902. The van der Waals surface area contributed by atoms with E-state index in [9.17, 15) is 9.59 Å². The van der Waals surface area contributed by atoms with E-state index in [1.807, 2.05) is 42.0 Å². The molecule has 0 bridgehead atoms. The van der Waals surface area contributed by atoms with Gasteiger partial charge in [-0.1, -0.05) is 11.6 Å². The van der Waals surface area contributed by atoms with E-state index in [1.54, 1.807) is 6.07 Å². The standard InChI is InChI=1S/C21H27ClN6O2/c1-14-7-16(22)9-17(8-14)23-11-21(30)28-6-4-5-18(12-28)27(3)20-10-19(24-13-25-20)26-15(2)29/h7-10,13,18,23H,4-6,11-12H2,1-3H3,(H,24,25,26,29). The van der Waals surface area contributed by atoms with Crippen molar-refractivity contribution in [2.24, 2.45) is 0 Å². The van der Waals surface area contributed by atoms with E-state index in [0.717, 1.165) is 30.6 Å². The average Bonchev–Trinajstić information content (AvgIpc) is 2.70. The summed E-state index contributed by atoms with van der Waals surface area (Å²) in [5, 5.41) is 6.49. The zero-order valence-electron chi connectivity index (χ0n) is 17.5. The Balaban J connectivity index is 1.60. The average molecular weight is 431 g/mol. The second-order valence-corrected chi connectivity index (χ2v) is 8.00. The molecule has 1 atom stereocenters. The number of hydrogen-bond acceptors (Lipinski definition) is 6. The van der Waals surface area contributed by atoms with Crippen molar-refractivity contribution >= 4 is 40.7 Å². The van der Waals surface area contributed by atoms with Gasteiger partial charge in [0.1, 0.15) is 18.0 Å². The molecule has 0 aliphatic carbocycles. The number of nitrogens with zero attached hydrogens (tertiary/aromatic N) is 4. The third-order valence-electron chi connectivity index (χ3n) is 5.10. The number of nitrogens with one attached hydrogen (secondary N) is 2. The van der Waals surface area contributed by atoms with Gasteiger partial charge in [-0.25, -0.2) is 9.97 Å².